The molecule has 0 bridgehead atoms. The van der Waals surface area contributed by atoms with Gasteiger partial charge in [0.2, 0.25) is 11.8 Å². The first-order valence-electron chi connectivity index (χ1n) is 10.4. The van der Waals surface area contributed by atoms with Crippen molar-refractivity contribution < 1.29 is 17.9 Å². The van der Waals surface area contributed by atoms with Crippen molar-refractivity contribution in [2.24, 2.45) is 4.99 Å². The van der Waals surface area contributed by atoms with Crippen molar-refractivity contribution in [1.82, 2.24) is 19.5 Å². The number of nitrogens with zero attached hydrogens (tertiary/aromatic N) is 5. The Balaban J connectivity index is 1.72. The highest BCUT2D eigenvalue weighted by atomic mass is 19.3. The van der Waals surface area contributed by atoms with E-state index in [-0.39, 0.29) is 12.5 Å². The molecule has 0 aromatic carbocycles. The number of halogens is 3. The molecule has 8 nitrogen and oxygen atoms in total. The minimum absolute atomic E-state index is 0.0423. The molecule has 0 atom stereocenters. The Morgan fingerprint density at radius 3 is 2.72 bits per heavy atom. The Morgan fingerprint density at radius 1 is 1.25 bits per heavy atom. The molecule has 11 heteroatoms. The number of imidazole rings is 1. The number of ether oxygens (including phenoxy) is 1. The molecule has 4 rings (SSSR count). The van der Waals surface area contributed by atoms with E-state index in [2.05, 4.69) is 25.6 Å². The van der Waals surface area contributed by atoms with E-state index in [1.807, 2.05) is 6.08 Å². The second kappa shape index (κ2) is 8.44. The predicted octanol–water partition coefficient (Wildman–Crippen LogP) is 3.94. The number of allylic oxidation sites excluding steroid dienone is 1. The zero-order valence-corrected chi connectivity index (χ0v) is 18.5. The Kier molecular flexibility index (Phi) is 5.83. The second-order valence-electron chi connectivity index (χ2n) is 8.34. The molecule has 0 amide bonds. The van der Waals surface area contributed by atoms with Crippen LogP contribution in [0.5, 0.6) is 5.88 Å². The van der Waals surface area contributed by atoms with Crippen LogP contribution in [0, 0.1) is 6.92 Å². The minimum atomic E-state index is -2.50. The minimum Gasteiger partial charge on any atom is -0.480 e. The largest absolute Gasteiger partial charge is 0.480 e. The number of anilines is 2. The molecule has 0 saturated heterocycles. The summed E-state index contributed by atoms with van der Waals surface area (Å²) < 4.78 is 47.1. The van der Waals surface area contributed by atoms with Crippen molar-refractivity contribution in [2.45, 2.75) is 52.3 Å². The van der Waals surface area contributed by atoms with E-state index in [0.29, 0.717) is 48.3 Å². The number of aryl methyl sites for hydroxylation is 2. The van der Waals surface area contributed by atoms with E-state index in [0.717, 1.165) is 17.0 Å². The van der Waals surface area contributed by atoms with E-state index in [4.69, 9.17) is 9.73 Å². The van der Waals surface area contributed by atoms with Gasteiger partial charge in [-0.2, -0.15) is 9.97 Å². The number of methoxy groups -OCH3 is 1. The van der Waals surface area contributed by atoms with E-state index < -0.39 is 18.6 Å². The van der Waals surface area contributed by atoms with Crippen molar-refractivity contribution >= 4 is 28.9 Å². The van der Waals surface area contributed by atoms with Gasteiger partial charge in [0.25, 0.3) is 6.43 Å². The first kappa shape index (κ1) is 22.1. The molecule has 0 fully saturated rings. The van der Waals surface area contributed by atoms with E-state index in [1.165, 1.54) is 25.5 Å². The van der Waals surface area contributed by atoms with Gasteiger partial charge >= 0.3 is 0 Å². The Labute approximate surface area is 184 Å². The summed E-state index contributed by atoms with van der Waals surface area (Å²) >= 11 is 0. The van der Waals surface area contributed by atoms with Gasteiger partial charge in [0.15, 0.2) is 5.82 Å². The van der Waals surface area contributed by atoms with E-state index in [1.54, 1.807) is 6.92 Å². The van der Waals surface area contributed by atoms with Crippen LogP contribution >= 0.6 is 0 Å². The highest BCUT2D eigenvalue weighted by molar-refractivity contribution is 6.27. The van der Waals surface area contributed by atoms with Gasteiger partial charge in [0, 0.05) is 12.1 Å². The SMILES string of the molecule is COc1nc(NCC(C)(C)F)nc2c1C(C1=Nc3c(nc(C)n3CC(F)F)CC1)=CCN2. The molecule has 2 aromatic heterocycles. The fourth-order valence-corrected chi connectivity index (χ4v) is 3.82. The zero-order chi connectivity index (χ0) is 23.0. The van der Waals surface area contributed by atoms with Crippen LogP contribution < -0.4 is 15.4 Å². The van der Waals surface area contributed by atoms with Crippen molar-refractivity contribution in [3.63, 3.8) is 0 Å². The van der Waals surface area contributed by atoms with Crippen LogP contribution in [0.1, 0.15) is 37.4 Å². The lowest BCUT2D eigenvalue weighted by Gasteiger charge is -2.24. The summed E-state index contributed by atoms with van der Waals surface area (Å²) in [7, 11) is 1.50. The van der Waals surface area contributed by atoms with Gasteiger partial charge < -0.3 is 19.9 Å². The number of hydrogen-bond acceptors (Lipinski definition) is 7. The first-order chi connectivity index (χ1) is 15.2. The summed E-state index contributed by atoms with van der Waals surface area (Å²) in [5, 5.41) is 6.09. The summed E-state index contributed by atoms with van der Waals surface area (Å²) in [6.07, 6.45) is 0.652. The maximum absolute atomic E-state index is 13.9. The number of aliphatic imine (C=N–C) groups is 1. The highest BCUT2D eigenvalue weighted by Crippen LogP contribution is 2.38. The molecular weight excluding hydrogens is 423 g/mol. The van der Waals surface area contributed by atoms with Crippen molar-refractivity contribution in [2.75, 3.05) is 30.8 Å². The lowest BCUT2D eigenvalue weighted by Crippen LogP contribution is -2.26. The van der Waals surface area contributed by atoms with Crippen molar-refractivity contribution in [3.05, 3.63) is 23.2 Å². The maximum Gasteiger partial charge on any atom is 0.256 e. The van der Waals surface area contributed by atoms with E-state index in [9.17, 15) is 13.2 Å². The van der Waals surface area contributed by atoms with Gasteiger partial charge in [0.1, 0.15) is 17.3 Å². The maximum atomic E-state index is 13.9. The smallest absolute Gasteiger partial charge is 0.256 e. The molecule has 2 aromatic rings. The fourth-order valence-electron chi connectivity index (χ4n) is 3.82. The normalized spacial score (nSPS) is 15.5. The molecule has 2 N–H and O–H groups in total. The van der Waals surface area contributed by atoms with Crippen molar-refractivity contribution in [1.29, 1.82) is 0 Å². The van der Waals surface area contributed by atoms with Crippen molar-refractivity contribution in [3.8, 4) is 5.88 Å². The Bertz CT molecular complexity index is 1090. The molecule has 2 aliphatic rings. The van der Waals surface area contributed by atoms with Crippen LogP contribution in [0.15, 0.2) is 11.1 Å². The fraction of sp³-hybridized carbons (Fsp3) is 0.524. The van der Waals surface area contributed by atoms with Gasteiger partial charge in [-0.3, -0.25) is 0 Å². The molecule has 0 unspecified atom stereocenters. The van der Waals surface area contributed by atoms with Gasteiger partial charge in [-0.25, -0.2) is 23.1 Å². The summed E-state index contributed by atoms with van der Waals surface area (Å²) in [5.41, 5.74) is 1.46. The van der Waals surface area contributed by atoms with Gasteiger partial charge in [-0.1, -0.05) is 6.08 Å². The molecule has 172 valence electrons. The molecule has 2 aliphatic heterocycles. The average molecular weight is 449 g/mol. The topological polar surface area (TPSA) is 89.2 Å². The Morgan fingerprint density at radius 2 is 2.03 bits per heavy atom. The second-order valence-corrected chi connectivity index (χ2v) is 8.34. The highest BCUT2D eigenvalue weighted by Gasteiger charge is 2.29. The van der Waals surface area contributed by atoms with Crippen LogP contribution in [0.4, 0.5) is 30.8 Å². The predicted molar refractivity (Wildman–Crippen MR) is 117 cm³/mol. The van der Waals surface area contributed by atoms with Crippen LogP contribution in [0.2, 0.25) is 0 Å². The average Bonchev–Trinajstić information content (AvgIpc) is 3.04. The number of rotatable bonds is 7. The molecule has 0 radical (unpaired) electrons. The summed E-state index contributed by atoms with van der Waals surface area (Å²) in [6.45, 7) is 4.72. The lowest BCUT2D eigenvalue weighted by molar-refractivity contribution is 0.126. The van der Waals surface area contributed by atoms with Gasteiger partial charge in [0.05, 0.1) is 37.2 Å². The standard InChI is InChI=1S/C21H26F3N7O/c1-11-27-14-6-5-13(28-18(14)31(11)9-15(22)23)12-7-8-25-17-16(12)19(32-4)30-20(29-17)26-10-21(2,3)24/h7,15H,5-6,8-10H2,1-4H3,(H2,25,26,29,30). The van der Waals surface area contributed by atoms with Gasteiger partial charge in [-0.15, -0.1) is 0 Å². The van der Waals surface area contributed by atoms with Gasteiger partial charge in [-0.05, 0) is 33.6 Å². The Hall–Kier alpha value is -3.11. The lowest BCUT2D eigenvalue weighted by atomic mass is 9.94. The summed E-state index contributed by atoms with van der Waals surface area (Å²) in [6, 6.07) is 0. The van der Waals surface area contributed by atoms with Crippen LogP contribution in [-0.2, 0) is 13.0 Å². The third kappa shape index (κ3) is 4.42. The third-order valence-corrected chi connectivity index (χ3v) is 5.25. The first-order valence-corrected chi connectivity index (χ1v) is 10.4. The number of alkyl halides is 3. The molecule has 0 aliphatic carbocycles. The molecule has 32 heavy (non-hydrogen) atoms. The summed E-state index contributed by atoms with van der Waals surface area (Å²) in [4.78, 5) is 18.0. The van der Waals surface area contributed by atoms with E-state index >= 15 is 0 Å². The number of aromatic nitrogens is 4. The summed E-state index contributed by atoms with van der Waals surface area (Å²) in [5.74, 6) is 2.09. The molecular formula is C21H26F3N7O. The molecule has 4 heterocycles. The van der Waals surface area contributed by atoms with Crippen LogP contribution in [0.3, 0.4) is 0 Å². The quantitative estimate of drug-likeness (QED) is 0.666. The number of nitrogens with one attached hydrogen (secondary N) is 2. The van der Waals surface area contributed by atoms with Crippen LogP contribution in [-0.4, -0.2) is 57.5 Å². The zero-order valence-electron chi connectivity index (χ0n) is 18.5. The number of fused-ring (bicyclic) bond motifs is 2. The third-order valence-electron chi connectivity index (χ3n) is 5.25. The molecule has 0 spiro atoms. The molecule has 0 saturated carbocycles. The monoisotopic (exact) mass is 449 g/mol. The number of hydrogen-bond donors (Lipinski definition) is 2. The van der Waals surface area contributed by atoms with Crippen LogP contribution in [0.25, 0.3) is 5.57 Å².